The number of fused-ring (bicyclic) bond motifs is 1. The quantitative estimate of drug-likeness (QED) is 0.637. The smallest absolute Gasteiger partial charge is 0.410 e. The van der Waals surface area contributed by atoms with Crippen molar-refractivity contribution >= 4 is 35.1 Å². The summed E-state index contributed by atoms with van der Waals surface area (Å²) in [5.41, 5.74) is 2.03. The first-order valence-corrected chi connectivity index (χ1v) is 10.0. The zero-order chi connectivity index (χ0) is 20.3. The topological polar surface area (TPSA) is 64.4 Å². The summed E-state index contributed by atoms with van der Waals surface area (Å²) in [5, 5.41) is 5.42. The highest BCUT2D eigenvalue weighted by Crippen LogP contribution is 2.21. The van der Waals surface area contributed by atoms with E-state index >= 15 is 0 Å². The molecule has 0 saturated heterocycles. The van der Waals surface area contributed by atoms with Crippen LogP contribution in [0.4, 0.5) is 4.79 Å². The summed E-state index contributed by atoms with van der Waals surface area (Å²) in [5.74, 6) is 0.308. The van der Waals surface area contributed by atoms with Gasteiger partial charge in [-0.3, -0.25) is 9.48 Å². The standard InChI is InChI=1S/C20H23Cl2N3O3/c1-13(2)6-19(26)18-10-17-11-24(4-3-5-25(17)23-18)20(27)28-12-14-7-15(21)9-16(22)8-14/h7-10,13H,3-6,11-12H2,1-2H3. The normalized spacial score (nSPS) is 14.0. The number of carbonyl (C=O) groups is 2. The Morgan fingerprint density at radius 3 is 2.54 bits per heavy atom. The molecule has 2 aromatic rings. The molecule has 1 aromatic carbocycles. The van der Waals surface area contributed by atoms with Crippen LogP contribution >= 0.6 is 23.2 Å². The lowest BCUT2D eigenvalue weighted by Crippen LogP contribution is -2.31. The number of halogens is 2. The van der Waals surface area contributed by atoms with Crippen molar-refractivity contribution in [3.8, 4) is 0 Å². The van der Waals surface area contributed by atoms with Crippen LogP contribution in [-0.2, 0) is 24.4 Å². The summed E-state index contributed by atoms with van der Waals surface area (Å²) in [4.78, 5) is 26.4. The maximum Gasteiger partial charge on any atom is 0.410 e. The Kier molecular flexibility index (Phi) is 6.62. The molecule has 2 heterocycles. The molecule has 1 aliphatic rings. The van der Waals surface area contributed by atoms with Crippen LogP contribution in [0.3, 0.4) is 0 Å². The number of amides is 1. The van der Waals surface area contributed by atoms with Crippen molar-refractivity contribution in [2.24, 2.45) is 5.92 Å². The number of benzene rings is 1. The van der Waals surface area contributed by atoms with E-state index in [0.29, 0.717) is 41.8 Å². The molecule has 3 rings (SSSR count). The lowest BCUT2D eigenvalue weighted by atomic mass is 10.1. The molecule has 6 nitrogen and oxygen atoms in total. The fourth-order valence-electron chi connectivity index (χ4n) is 3.16. The summed E-state index contributed by atoms with van der Waals surface area (Å²) < 4.78 is 7.25. The Balaban J connectivity index is 1.65. The summed E-state index contributed by atoms with van der Waals surface area (Å²) >= 11 is 12.0. The molecule has 0 N–H and O–H groups in total. The van der Waals surface area contributed by atoms with E-state index in [9.17, 15) is 9.59 Å². The molecule has 0 radical (unpaired) electrons. The van der Waals surface area contributed by atoms with Crippen LogP contribution < -0.4 is 0 Å². The number of ketones is 1. The number of aromatic nitrogens is 2. The van der Waals surface area contributed by atoms with Gasteiger partial charge in [-0.2, -0.15) is 5.10 Å². The summed E-state index contributed by atoms with van der Waals surface area (Å²) in [6.45, 7) is 5.68. The van der Waals surface area contributed by atoms with Gasteiger partial charge in [0.25, 0.3) is 0 Å². The minimum Gasteiger partial charge on any atom is -0.445 e. The molecule has 0 atom stereocenters. The maximum absolute atomic E-state index is 12.5. The molecule has 8 heteroatoms. The van der Waals surface area contributed by atoms with E-state index < -0.39 is 6.09 Å². The van der Waals surface area contributed by atoms with Gasteiger partial charge in [0.2, 0.25) is 0 Å². The van der Waals surface area contributed by atoms with Crippen LogP contribution in [0.25, 0.3) is 0 Å². The fourth-order valence-corrected chi connectivity index (χ4v) is 3.73. The highest BCUT2D eigenvalue weighted by Gasteiger charge is 2.23. The van der Waals surface area contributed by atoms with Crippen LogP contribution in [0.2, 0.25) is 10.0 Å². The Hall–Kier alpha value is -2.05. The third kappa shape index (κ3) is 5.26. The van der Waals surface area contributed by atoms with Crippen LogP contribution in [-0.4, -0.2) is 33.1 Å². The number of carbonyl (C=O) groups excluding carboxylic acids is 2. The molecule has 0 saturated carbocycles. The summed E-state index contributed by atoms with van der Waals surface area (Å²) in [7, 11) is 0. The van der Waals surface area contributed by atoms with Gasteiger partial charge in [0, 0.05) is 29.6 Å². The minimum atomic E-state index is -0.416. The number of aryl methyl sites for hydroxylation is 1. The minimum absolute atomic E-state index is 0.0301. The van der Waals surface area contributed by atoms with Crippen molar-refractivity contribution in [2.45, 2.75) is 46.4 Å². The largest absolute Gasteiger partial charge is 0.445 e. The SMILES string of the molecule is CC(C)CC(=O)c1cc2n(n1)CCCN(C(=O)OCc1cc(Cl)cc(Cl)c1)C2. The first-order valence-electron chi connectivity index (χ1n) is 9.28. The molecule has 1 aliphatic heterocycles. The van der Waals surface area contributed by atoms with Crippen molar-refractivity contribution in [3.05, 3.63) is 51.3 Å². The number of rotatable bonds is 5. The van der Waals surface area contributed by atoms with Crippen molar-refractivity contribution in [1.29, 1.82) is 0 Å². The summed E-state index contributed by atoms with van der Waals surface area (Å²) in [6.07, 6.45) is 0.787. The van der Waals surface area contributed by atoms with Gasteiger partial charge in [-0.25, -0.2) is 4.79 Å². The zero-order valence-electron chi connectivity index (χ0n) is 16.0. The van der Waals surface area contributed by atoms with Crippen LogP contribution in [0.15, 0.2) is 24.3 Å². The Labute approximate surface area is 174 Å². The van der Waals surface area contributed by atoms with Crippen molar-refractivity contribution < 1.29 is 14.3 Å². The zero-order valence-corrected chi connectivity index (χ0v) is 17.5. The van der Waals surface area contributed by atoms with Crippen molar-refractivity contribution in [2.75, 3.05) is 6.54 Å². The summed E-state index contributed by atoms with van der Waals surface area (Å²) in [6, 6.07) is 6.84. The second-order valence-electron chi connectivity index (χ2n) is 7.37. The van der Waals surface area contributed by atoms with Gasteiger partial charge in [0.05, 0.1) is 12.2 Å². The Morgan fingerprint density at radius 1 is 1.14 bits per heavy atom. The third-order valence-electron chi connectivity index (χ3n) is 4.44. The first kappa shape index (κ1) is 20.7. The van der Waals surface area contributed by atoms with Gasteiger partial charge in [-0.05, 0) is 42.2 Å². The number of hydrogen-bond donors (Lipinski definition) is 0. The van der Waals surface area contributed by atoms with Crippen LogP contribution in [0, 0.1) is 5.92 Å². The Morgan fingerprint density at radius 2 is 1.86 bits per heavy atom. The van der Waals surface area contributed by atoms with Gasteiger partial charge in [-0.15, -0.1) is 0 Å². The van der Waals surface area contributed by atoms with Gasteiger partial charge in [0.1, 0.15) is 12.3 Å². The van der Waals surface area contributed by atoms with E-state index in [1.807, 2.05) is 18.5 Å². The number of nitrogens with zero attached hydrogens (tertiary/aromatic N) is 3. The first-order chi connectivity index (χ1) is 13.3. The monoisotopic (exact) mass is 423 g/mol. The Bertz CT molecular complexity index is 859. The number of ether oxygens (including phenoxy) is 1. The molecular formula is C20H23Cl2N3O3. The van der Waals surface area contributed by atoms with Gasteiger partial charge in [-0.1, -0.05) is 37.0 Å². The van der Waals surface area contributed by atoms with E-state index in [1.54, 1.807) is 29.2 Å². The molecule has 1 amide bonds. The molecule has 150 valence electrons. The van der Waals surface area contributed by atoms with Gasteiger partial charge >= 0.3 is 6.09 Å². The molecule has 0 fully saturated rings. The van der Waals surface area contributed by atoms with Gasteiger partial charge in [0.15, 0.2) is 5.78 Å². The average Bonchev–Trinajstić information content (AvgIpc) is 2.90. The van der Waals surface area contributed by atoms with Crippen molar-refractivity contribution in [1.82, 2.24) is 14.7 Å². The second kappa shape index (κ2) is 8.97. The van der Waals surface area contributed by atoms with Gasteiger partial charge < -0.3 is 9.64 Å². The second-order valence-corrected chi connectivity index (χ2v) is 8.25. The molecular weight excluding hydrogens is 401 g/mol. The van der Waals surface area contributed by atoms with E-state index in [4.69, 9.17) is 27.9 Å². The molecule has 0 spiro atoms. The predicted molar refractivity (Wildman–Crippen MR) is 108 cm³/mol. The lowest BCUT2D eigenvalue weighted by Gasteiger charge is -2.19. The van der Waals surface area contributed by atoms with Crippen LogP contribution in [0.5, 0.6) is 0 Å². The average molecular weight is 424 g/mol. The molecule has 0 bridgehead atoms. The molecule has 28 heavy (non-hydrogen) atoms. The highest BCUT2D eigenvalue weighted by atomic mass is 35.5. The number of Topliss-reactive ketones (excluding diaryl/α,β-unsaturated/α-hetero) is 1. The van der Waals surface area contributed by atoms with E-state index in [2.05, 4.69) is 5.10 Å². The van der Waals surface area contributed by atoms with Crippen LogP contribution in [0.1, 0.15) is 48.4 Å². The lowest BCUT2D eigenvalue weighted by molar-refractivity contribution is 0.0942. The van der Waals surface area contributed by atoms with Crippen molar-refractivity contribution in [3.63, 3.8) is 0 Å². The highest BCUT2D eigenvalue weighted by molar-refractivity contribution is 6.34. The van der Waals surface area contributed by atoms with E-state index in [-0.39, 0.29) is 18.3 Å². The maximum atomic E-state index is 12.5. The fraction of sp³-hybridized carbons (Fsp3) is 0.450. The third-order valence-corrected chi connectivity index (χ3v) is 4.87. The van der Waals surface area contributed by atoms with E-state index in [0.717, 1.165) is 17.7 Å². The predicted octanol–water partition coefficient (Wildman–Crippen LogP) is 4.96. The number of hydrogen-bond acceptors (Lipinski definition) is 4. The van der Waals surface area contributed by atoms with E-state index in [1.165, 1.54) is 0 Å². The molecule has 1 aromatic heterocycles. The molecule has 0 unspecified atom stereocenters. The molecule has 0 aliphatic carbocycles.